The number of carbonyl (C=O) groups excluding carboxylic acids is 1. The fraction of sp³-hybridized carbons (Fsp3) is 0.400. The number of Topliss-reactive ketones (excluding diaryl/α,β-unsaturated/α-hetero) is 1. The van der Waals surface area contributed by atoms with Crippen LogP contribution in [0.2, 0.25) is 0 Å². The molecule has 1 aliphatic rings. The summed E-state index contributed by atoms with van der Waals surface area (Å²) in [5, 5.41) is 0. The summed E-state index contributed by atoms with van der Waals surface area (Å²) in [4.78, 5) is 15.2. The largest absolute Gasteiger partial charge is 0.398 e. The Morgan fingerprint density at radius 2 is 2.05 bits per heavy atom. The summed E-state index contributed by atoms with van der Waals surface area (Å²) in [6.07, 6.45) is -1.40. The van der Waals surface area contributed by atoms with E-state index in [1.807, 2.05) is 6.92 Å². The van der Waals surface area contributed by atoms with Gasteiger partial charge >= 0.3 is 0 Å². The molecular formula is C15H19F2N3O. The summed E-state index contributed by atoms with van der Waals surface area (Å²) in [5.74, 6) is 0.375. The van der Waals surface area contributed by atoms with Gasteiger partial charge in [-0.15, -0.1) is 0 Å². The first kappa shape index (κ1) is 15.3. The summed E-state index contributed by atoms with van der Waals surface area (Å²) >= 11 is 0. The van der Waals surface area contributed by atoms with Crippen LogP contribution in [0.1, 0.15) is 30.1 Å². The van der Waals surface area contributed by atoms with Gasteiger partial charge in [-0.05, 0) is 18.6 Å². The molecule has 1 aromatic carbocycles. The van der Waals surface area contributed by atoms with Crippen molar-refractivity contribution >= 4 is 22.8 Å². The van der Waals surface area contributed by atoms with Crippen LogP contribution in [-0.2, 0) is 0 Å². The molecule has 0 bridgehead atoms. The van der Waals surface area contributed by atoms with Crippen molar-refractivity contribution in [1.29, 1.82) is 0 Å². The third-order valence-corrected chi connectivity index (χ3v) is 3.60. The number of ketones is 1. The average molecular weight is 295 g/mol. The van der Waals surface area contributed by atoms with Crippen molar-refractivity contribution in [3.8, 4) is 0 Å². The molecule has 0 unspecified atom stereocenters. The van der Waals surface area contributed by atoms with Crippen molar-refractivity contribution in [3.05, 3.63) is 30.1 Å². The van der Waals surface area contributed by atoms with Crippen LogP contribution in [0.5, 0.6) is 0 Å². The van der Waals surface area contributed by atoms with Gasteiger partial charge in [-0.1, -0.05) is 13.5 Å². The fourth-order valence-corrected chi connectivity index (χ4v) is 2.48. The van der Waals surface area contributed by atoms with E-state index in [4.69, 9.17) is 5.73 Å². The number of anilines is 3. The molecule has 0 spiro atoms. The predicted molar refractivity (Wildman–Crippen MR) is 81.0 cm³/mol. The molecule has 0 radical (unpaired) electrons. The molecule has 1 heterocycles. The average Bonchev–Trinajstić information content (AvgIpc) is 2.63. The van der Waals surface area contributed by atoms with E-state index in [0.717, 1.165) is 0 Å². The van der Waals surface area contributed by atoms with Crippen molar-refractivity contribution in [1.82, 2.24) is 0 Å². The zero-order valence-corrected chi connectivity index (χ0v) is 12.2. The first-order valence-corrected chi connectivity index (χ1v) is 6.81. The number of fused-ring (bicyclic) bond motifs is 1. The minimum atomic E-state index is -2.49. The maximum atomic E-state index is 12.7. The molecular weight excluding hydrogens is 276 g/mol. The van der Waals surface area contributed by atoms with E-state index in [1.165, 1.54) is 4.90 Å². The Balaban J connectivity index is 2.48. The number of hydrogen-bond acceptors (Lipinski definition) is 4. The molecule has 21 heavy (non-hydrogen) atoms. The molecule has 0 saturated heterocycles. The SMILES string of the molecule is C=C1N(C)c2cc(N)c(C(=O)CCC)cc2N1CC(F)F. The van der Waals surface area contributed by atoms with Gasteiger partial charge in [0.15, 0.2) is 5.78 Å². The molecule has 2 rings (SSSR count). The van der Waals surface area contributed by atoms with Gasteiger partial charge in [0.2, 0.25) is 0 Å². The van der Waals surface area contributed by atoms with Crippen LogP contribution in [0.3, 0.4) is 0 Å². The third-order valence-electron chi connectivity index (χ3n) is 3.60. The number of halogens is 2. The Morgan fingerprint density at radius 1 is 1.38 bits per heavy atom. The topological polar surface area (TPSA) is 49.6 Å². The van der Waals surface area contributed by atoms with Gasteiger partial charge in [0, 0.05) is 24.7 Å². The highest BCUT2D eigenvalue weighted by Crippen LogP contribution is 2.43. The molecule has 0 saturated carbocycles. The highest BCUT2D eigenvalue weighted by molar-refractivity contribution is 6.04. The highest BCUT2D eigenvalue weighted by Gasteiger charge is 2.31. The number of nitrogens with two attached hydrogens (primary N) is 1. The summed E-state index contributed by atoms with van der Waals surface area (Å²) in [6, 6.07) is 3.24. The first-order valence-electron chi connectivity index (χ1n) is 6.81. The van der Waals surface area contributed by atoms with Gasteiger partial charge in [0.25, 0.3) is 6.43 Å². The quantitative estimate of drug-likeness (QED) is 0.669. The lowest BCUT2D eigenvalue weighted by Gasteiger charge is -2.21. The summed E-state index contributed by atoms with van der Waals surface area (Å²) in [7, 11) is 1.74. The molecule has 4 nitrogen and oxygen atoms in total. The molecule has 0 amide bonds. The van der Waals surface area contributed by atoms with Crippen LogP contribution in [-0.4, -0.2) is 25.8 Å². The van der Waals surface area contributed by atoms with E-state index in [-0.39, 0.29) is 5.78 Å². The number of alkyl halides is 2. The van der Waals surface area contributed by atoms with E-state index in [9.17, 15) is 13.6 Å². The summed E-state index contributed by atoms with van der Waals surface area (Å²) < 4.78 is 25.5. The number of hydrogen-bond donors (Lipinski definition) is 1. The molecule has 0 fully saturated rings. The second-order valence-electron chi connectivity index (χ2n) is 5.08. The minimum Gasteiger partial charge on any atom is -0.398 e. The van der Waals surface area contributed by atoms with Crippen molar-refractivity contribution in [2.75, 3.05) is 29.1 Å². The molecule has 6 heteroatoms. The smallest absolute Gasteiger partial charge is 0.256 e. The van der Waals surface area contributed by atoms with E-state index >= 15 is 0 Å². The van der Waals surface area contributed by atoms with Gasteiger partial charge in [-0.2, -0.15) is 0 Å². The number of nitrogens with zero attached hydrogens (tertiary/aromatic N) is 2. The molecule has 114 valence electrons. The first-order chi connectivity index (χ1) is 9.86. The maximum Gasteiger partial charge on any atom is 0.256 e. The summed E-state index contributed by atoms with van der Waals surface area (Å²) in [6.45, 7) is 5.26. The van der Waals surface area contributed by atoms with Crippen molar-refractivity contribution < 1.29 is 13.6 Å². The van der Waals surface area contributed by atoms with Crippen LogP contribution < -0.4 is 15.5 Å². The molecule has 0 aliphatic carbocycles. The van der Waals surface area contributed by atoms with Crippen molar-refractivity contribution in [2.45, 2.75) is 26.2 Å². The van der Waals surface area contributed by atoms with Crippen LogP contribution in [0, 0.1) is 0 Å². The van der Waals surface area contributed by atoms with Crippen molar-refractivity contribution in [3.63, 3.8) is 0 Å². The molecule has 2 N–H and O–H groups in total. The van der Waals surface area contributed by atoms with Gasteiger partial charge < -0.3 is 15.5 Å². The lowest BCUT2D eigenvalue weighted by Crippen LogP contribution is -2.29. The highest BCUT2D eigenvalue weighted by atomic mass is 19.3. The van der Waals surface area contributed by atoms with Crippen LogP contribution >= 0.6 is 0 Å². The van der Waals surface area contributed by atoms with Crippen LogP contribution in [0.4, 0.5) is 25.8 Å². The van der Waals surface area contributed by atoms with Gasteiger partial charge in [-0.25, -0.2) is 8.78 Å². The second-order valence-corrected chi connectivity index (χ2v) is 5.08. The van der Waals surface area contributed by atoms with E-state index in [1.54, 1.807) is 24.1 Å². The monoisotopic (exact) mass is 295 g/mol. The Bertz CT molecular complexity index is 587. The minimum absolute atomic E-state index is 0.0741. The summed E-state index contributed by atoms with van der Waals surface area (Å²) in [5.41, 5.74) is 7.93. The van der Waals surface area contributed by atoms with Crippen LogP contribution in [0.15, 0.2) is 24.5 Å². The lowest BCUT2D eigenvalue weighted by atomic mass is 10.0. The molecule has 0 aromatic heterocycles. The van der Waals surface area contributed by atoms with Gasteiger partial charge in [0.1, 0.15) is 5.82 Å². The Kier molecular flexibility index (Phi) is 4.16. The number of nitrogen functional groups attached to an aromatic ring is 1. The van der Waals surface area contributed by atoms with E-state index in [2.05, 4.69) is 6.58 Å². The fourth-order valence-electron chi connectivity index (χ4n) is 2.48. The number of carbonyl (C=O) groups is 1. The Labute approximate surface area is 122 Å². The van der Waals surface area contributed by atoms with Crippen LogP contribution in [0.25, 0.3) is 0 Å². The molecule has 1 aromatic rings. The van der Waals surface area contributed by atoms with Gasteiger partial charge in [-0.3, -0.25) is 4.79 Å². The second kappa shape index (κ2) is 5.71. The maximum absolute atomic E-state index is 12.7. The van der Waals surface area contributed by atoms with Crippen molar-refractivity contribution in [2.24, 2.45) is 0 Å². The lowest BCUT2D eigenvalue weighted by molar-refractivity contribution is 0.0982. The normalized spacial score (nSPS) is 14.0. The number of rotatable bonds is 5. The van der Waals surface area contributed by atoms with E-state index in [0.29, 0.717) is 41.3 Å². The molecule has 0 atom stereocenters. The Hall–Kier alpha value is -2.11. The zero-order valence-electron chi connectivity index (χ0n) is 12.2. The van der Waals surface area contributed by atoms with Gasteiger partial charge in [0.05, 0.1) is 17.9 Å². The third kappa shape index (κ3) is 2.70. The van der Waals surface area contributed by atoms with E-state index < -0.39 is 13.0 Å². The predicted octanol–water partition coefficient (Wildman–Crippen LogP) is 3.24. The number of benzene rings is 1. The zero-order chi connectivity index (χ0) is 15.7. The Morgan fingerprint density at radius 3 is 2.62 bits per heavy atom. The standard InChI is InChI=1S/C15H19F2N3O/c1-4-5-14(21)10-6-13-12(7-11(10)18)19(3)9(2)20(13)8-15(16)17/h6-7,15H,2,4-5,8,18H2,1,3H3. The molecule has 1 aliphatic heterocycles.